The van der Waals surface area contributed by atoms with E-state index in [0.717, 1.165) is 5.69 Å². The fourth-order valence-corrected chi connectivity index (χ4v) is 3.04. The minimum absolute atomic E-state index is 0.0456. The Morgan fingerprint density at radius 2 is 1.72 bits per heavy atom. The van der Waals surface area contributed by atoms with Crippen LogP contribution in [0.5, 0.6) is 0 Å². The highest BCUT2D eigenvalue weighted by molar-refractivity contribution is 5.96. The van der Waals surface area contributed by atoms with Gasteiger partial charge in [0, 0.05) is 49.1 Å². The molecule has 7 heteroatoms. The topological polar surface area (TPSA) is 66.7 Å². The van der Waals surface area contributed by atoms with E-state index in [1.54, 1.807) is 30.0 Å². The Labute approximate surface area is 144 Å². The number of piperazine rings is 1. The molecule has 0 radical (unpaired) electrons. The summed E-state index contributed by atoms with van der Waals surface area (Å²) >= 11 is 0. The van der Waals surface area contributed by atoms with E-state index in [1.807, 2.05) is 0 Å². The molecule has 1 fully saturated rings. The number of rotatable bonds is 3. The molecular weight excluding hydrogens is 325 g/mol. The van der Waals surface area contributed by atoms with Crippen molar-refractivity contribution in [2.45, 2.75) is 6.92 Å². The summed E-state index contributed by atoms with van der Waals surface area (Å²) in [6, 6.07) is 10.8. The van der Waals surface area contributed by atoms with Gasteiger partial charge in [0.1, 0.15) is 5.82 Å². The average molecular weight is 343 g/mol. The zero-order valence-electron chi connectivity index (χ0n) is 13.8. The Bertz CT molecular complexity index is 800. The molecule has 1 heterocycles. The molecule has 0 bridgehead atoms. The van der Waals surface area contributed by atoms with E-state index in [4.69, 9.17) is 0 Å². The van der Waals surface area contributed by atoms with Crippen molar-refractivity contribution in [1.82, 2.24) is 4.90 Å². The summed E-state index contributed by atoms with van der Waals surface area (Å²) in [6.07, 6.45) is 0. The number of benzene rings is 2. The second-order valence-corrected chi connectivity index (χ2v) is 5.96. The molecule has 6 nitrogen and oxygen atoms in total. The zero-order chi connectivity index (χ0) is 18.0. The van der Waals surface area contributed by atoms with Crippen LogP contribution in [0.3, 0.4) is 0 Å². The maximum absolute atomic E-state index is 13.0. The van der Waals surface area contributed by atoms with Crippen LogP contribution in [-0.4, -0.2) is 41.9 Å². The van der Waals surface area contributed by atoms with Gasteiger partial charge in [0.05, 0.1) is 4.92 Å². The highest BCUT2D eigenvalue weighted by Crippen LogP contribution is 2.23. The van der Waals surface area contributed by atoms with Crippen molar-refractivity contribution in [2.75, 3.05) is 31.1 Å². The van der Waals surface area contributed by atoms with Gasteiger partial charge in [-0.25, -0.2) is 4.39 Å². The third-order valence-corrected chi connectivity index (χ3v) is 4.49. The lowest BCUT2D eigenvalue weighted by atomic mass is 10.1. The Morgan fingerprint density at radius 3 is 2.32 bits per heavy atom. The van der Waals surface area contributed by atoms with Crippen LogP contribution in [0.2, 0.25) is 0 Å². The van der Waals surface area contributed by atoms with Gasteiger partial charge in [-0.15, -0.1) is 0 Å². The SMILES string of the molecule is Cc1c(C(=O)N2CCN(c3ccc(F)cc3)CC2)cccc1[N+](=O)[O-]. The van der Waals surface area contributed by atoms with Crippen molar-refractivity contribution in [1.29, 1.82) is 0 Å². The molecule has 2 aromatic carbocycles. The number of nitro benzene ring substituents is 1. The molecule has 3 rings (SSSR count). The van der Waals surface area contributed by atoms with E-state index < -0.39 is 4.92 Å². The Morgan fingerprint density at radius 1 is 1.08 bits per heavy atom. The van der Waals surface area contributed by atoms with E-state index >= 15 is 0 Å². The second kappa shape index (κ2) is 6.88. The molecule has 0 unspecified atom stereocenters. The molecular formula is C18H18FN3O3. The van der Waals surface area contributed by atoms with E-state index in [2.05, 4.69) is 4.90 Å². The summed E-state index contributed by atoms with van der Waals surface area (Å²) < 4.78 is 13.0. The first-order valence-corrected chi connectivity index (χ1v) is 8.01. The highest BCUT2D eigenvalue weighted by Gasteiger charge is 2.25. The van der Waals surface area contributed by atoms with Gasteiger partial charge in [-0.1, -0.05) is 6.07 Å². The van der Waals surface area contributed by atoms with Crippen LogP contribution < -0.4 is 4.90 Å². The normalized spacial score (nSPS) is 14.5. The van der Waals surface area contributed by atoms with Gasteiger partial charge in [-0.2, -0.15) is 0 Å². The molecule has 0 spiro atoms. The third kappa shape index (κ3) is 3.45. The van der Waals surface area contributed by atoms with Crippen molar-refractivity contribution in [3.8, 4) is 0 Å². The molecule has 25 heavy (non-hydrogen) atoms. The third-order valence-electron chi connectivity index (χ3n) is 4.49. The van der Waals surface area contributed by atoms with Crippen molar-refractivity contribution in [2.24, 2.45) is 0 Å². The van der Waals surface area contributed by atoms with Crippen molar-refractivity contribution in [3.63, 3.8) is 0 Å². The Balaban J connectivity index is 1.71. The lowest BCUT2D eigenvalue weighted by molar-refractivity contribution is -0.385. The largest absolute Gasteiger partial charge is 0.368 e. The van der Waals surface area contributed by atoms with Gasteiger partial charge < -0.3 is 9.80 Å². The molecule has 2 aromatic rings. The number of halogens is 1. The minimum Gasteiger partial charge on any atom is -0.368 e. The molecule has 130 valence electrons. The van der Waals surface area contributed by atoms with Crippen LogP contribution in [0.1, 0.15) is 15.9 Å². The number of hydrogen-bond donors (Lipinski definition) is 0. The molecule has 1 aliphatic rings. The summed E-state index contributed by atoms with van der Waals surface area (Å²) in [7, 11) is 0. The lowest BCUT2D eigenvalue weighted by Gasteiger charge is -2.36. The van der Waals surface area contributed by atoms with Gasteiger partial charge in [0.2, 0.25) is 0 Å². The number of carbonyl (C=O) groups excluding carboxylic acids is 1. The van der Waals surface area contributed by atoms with Crippen LogP contribution in [0.4, 0.5) is 15.8 Å². The number of nitro groups is 1. The van der Waals surface area contributed by atoms with Crippen molar-refractivity contribution < 1.29 is 14.1 Å². The van der Waals surface area contributed by atoms with Gasteiger partial charge in [-0.05, 0) is 37.3 Å². The molecule has 0 atom stereocenters. The molecule has 0 aliphatic carbocycles. The highest BCUT2D eigenvalue weighted by atomic mass is 19.1. The molecule has 1 aliphatic heterocycles. The molecule has 0 saturated carbocycles. The number of hydrogen-bond acceptors (Lipinski definition) is 4. The standard InChI is InChI=1S/C18H18FN3O3/c1-13-16(3-2-4-17(13)22(24)25)18(23)21-11-9-20(10-12-21)15-7-5-14(19)6-8-15/h2-8H,9-12H2,1H3. The van der Waals surface area contributed by atoms with Gasteiger partial charge in [-0.3, -0.25) is 14.9 Å². The van der Waals surface area contributed by atoms with Crippen LogP contribution in [0, 0.1) is 22.9 Å². The first kappa shape index (κ1) is 16.9. The summed E-state index contributed by atoms with van der Waals surface area (Å²) in [4.78, 5) is 27.1. The van der Waals surface area contributed by atoms with Gasteiger partial charge in [0.15, 0.2) is 0 Å². The first-order chi connectivity index (χ1) is 12.0. The quantitative estimate of drug-likeness (QED) is 0.635. The van der Waals surface area contributed by atoms with Crippen molar-refractivity contribution >= 4 is 17.3 Å². The number of amides is 1. The zero-order valence-corrected chi connectivity index (χ0v) is 13.8. The van der Waals surface area contributed by atoms with Crippen LogP contribution >= 0.6 is 0 Å². The second-order valence-electron chi connectivity index (χ2n) is 5.96. The summed E-state index contributed by atoms with van der Waals surface area (Å²) in [5, 5.41) is 11.0. The number of nitrogens with zero attached hydrogens (tertiary/aromatic N) is 3. The maximum atomic E-state index is 13.0. The summed E-state index contributed by atoms with van der Waals surface area (Å²) in [5.41, 5.74) is 1.62. The van der Waals surface area contributed by atoms with Crippen molar-refractivity contribution in [3.05, 3.63) is 69.5 Å². The summed E-state index contributed by atoms with van der Waals surface area (Å²) in [6.45, 7) is 3.88. The van der Waals surface area contributed by atoms with E-state index in [9.17, 15) is 19.3 Å². The molecule has 1 saturated heterocycles. The molecule has 1 amide bonds. The van der Waals surface area contributed by atoms with Crippen LogP contribution in [0.25, 0.3) is 0 Å². The Hall–Kier alpha value is -2.96. The van der Waals surface area contributed by atoms with Crippen LogP contribution in [-0.2, 0) is 0 Å². The van der Waals surface area contributed by atoms with E-state index in [-0.39, 0.29) is 17.4 Å². The smallest absolute Gasteiger partial charge is 0.273 e. The minimum atomic E-state index is -0.474. The first-order valence-electron chi connectivity index (χ1n) is 8.01. The van der Waals surface area contributed by atoms with Crippen LogP contribution in [0.15, 0.2) is 42.5 Å². The summed E-state index contributed by atoms with van der Waals surface area (Å²) in [5.74, 6) is -0.473. The van der Waals surface area contributed by atoms with Gasteiger partial charge in [0.25, 0.3) is 11.6 Å². The fourth-order valence-electron chi connectivity index (χ4n) is 3.04. The predicted molar refractivity (Wildman–Crippen MR) is 92.3 cm³/mol. The lowest BCUT2D eigenvalue weighted by Crippen LogP contribution is -2.49. The maximum Gasteiger partial charge on any atom is 0.273 e. The van der Waals surface area contributed by atoms with E-state index in [0.29, 0.717) is 37.3 Å². The van der Waals surface area contributed by atoms with E-state index in [1.165, 1.54) is 24.3 Å². The van der Waals surface area contributed by atoms with Gasteiger partial charge >= 0.3 is 0 Å². The monoisotopic (exact) mass is 343 g/mol. The fraction of sp³-hybridized carbons (Fsp3) is 0.278. The average Bonchev–Trinajstić information content (AvgIpc) is 2.62. The molecule has 0 aromatic heterocycles. The molecule has 0 N–H and O–H groups in total. The number of anilines is 1. The predicted octanol–water partition coefficient (Wildman–Crippen LogP) is 3.00. The number of carbonyl (C=O) groups is 1. The Kier molecular flexibility index (Phi) is 4.65.